The van der Waals surface area contributed by atoms with Crippen molar-refractivity contribution in [3.05, 3.63) is 30.1 Å². The molecule has 150 valence electrons. The fraction of sp³-hybridized carbons (Fsp3) is 0.636. The smallest absolute Gasteiger partial charge is 0.126 e. The van der Waals surface area contributed by atoms with E-state index in [9.17, 15) is 5.11 Å². The number of nitrogens with two attached hydrogens (primary N) is 1. The highest BCUT2D eigenvalue weighted by Crippen LogP contribution is 2.45. The lowest BCUT2D eigenvalue weighted by molar-refractivity contribution is 0.126. The third-order valence-electron chi connectivity index (χ3n) is 6.72. The maximum absolute atomic E-state index is 9.72. The van der Waals surface area contributed by atoms with Gasteiger partial charge in [-0.15, -0.1) is 0 Å². The first-order chi connectivity index (χ1) is 13.7. The lowest BCUT2D eigenvalue weighted by Gasteiger charge is -2.34. The Balaban J connectivity index is 1.36. The second kappa shape index (κ2) is 7.48. The Morgan fingerprint density at radius 3 is 2.61 bits per heavy atom. The zero-order valence-corrected chi connectivity index (χ0v) is 16.4. The summed E-state index contributed by atoms with van der Waals surface area (Å²) in [6.45, 7) is 0.785. The molecule has 6 heteroatoms. The molecule has 0 atom stereocenters. The molecule has 0 radical (unpaired) electrons. The van der Waals surface area contributed by atoms with Gasteiger partial charge in [0.2, 0.25) is 0 Å². The van der Waals surface area contributed by atoms with E-state index in [1.54, 1.807) is 0 Å². The van der Waals surface area contributed by atoms with Crippen LogP contribution in [0.4, 0.5) is 5.82 Å². The summed E-state index contributed by atoms with van der Waals surface area (Å²) < 4.78 is 2.18. The molecule has 28 heavy (non-hydrogen) atoms. The molecule has 2 heterocycles. The summed E-state index contributed by atoms with van der Waals surface area (Å²) >= 11 is 0. The van der Waals surface area contributed by atoms with Gasteiger partial charge in [0.1, 0.15) is 5.82 Å². The molecule has 3 fully saturated rings. The van der Waals surface area contributed by atoms with Gasteiger partial charge in [-0.2, -0.15) is 5.10 Å². The number of aromatic nitrogens is 3. The Hall–Kier alpha value is -1.92. The van der Waals surface area contributed by atoms with Crippen LogP contribution in [0, 0.1) is 5.92 Å². The minimum Gasteiger partial charge on any atom is -0.393 e. The molecular weight excluding hydrogens is 350 g/mol. The number of aliphatic hydroxyl groups excluding tert-OH is 1. The molecule has 0 amide bonds. The van der Waals surface area contributed by atoms with Gasteiger partial charge < -0.3 is 16.2 Å². The van der Waals surface area contributed by atoms with Crippen molar-refractivity contribution in [3.63, 3.8) is 0 Å². The minimum absolute atomic E-state index is 0.130. The summed E-state index contributed by atoms with van der Waals surface area (Å²) in [5.74, 6) is 2.18. The predicted molar refractivity (Wildman–Crippen MR) is 110 cm³/mol. The molecule has 0 bridgehead atoms. The van der Waals surface area contributed by atoms with Crippen molar-refractivity contribution >= 4 is 5.82 Å². The van der Waals surface area contributed by atoms with Gasteiger partial charge in [0.15, 0.2) is 0 Å². The predicted octanol–water partition coefficient (Wildman–Crippen LogP) is 3.45. The molecule has 0 aliphatic heterocycles. The van der Waals surface area contributed by atoms with E-state index < -0.39 is 0 Å². The molecule has 4 N–H and O–H groups in total. The average molecular weight is 382 g/mol. The van der Waals surface area contributed by atoms with Gasteiger partial charge in [0.25, 0.3) is 0 Å². The van der Waals surface area contributed by atoms with E-state index in [0.717, 1.165) is 56.6 Å². The monoisotopic (exact) mass is 381 g/mol. The number of aliphatic hydroxyl groups is 1. The molecule has 2 aromatic rings. The molecule has 0 saturated heterocycles. The Bertz CT molecular complexity index is 816. The van der Waals surface area contributed by atoms with E-state index in [2.05, 4.69) is 28.3 Å². The van der Waals surface area contributed by atoms with E-state index in [1.807, 2.05) is 6.07 Å². The van der Waals surface area contributed by atoms with Crippen molar-refractivity contribution < 1.29 is 5.11 Å². The maximum atomic E-state index is 9.72. The Morgan fingerprint density at radius 2 is 1.89 bits per heavy atom. The summed E-state index contributed by atoms with van der Waals surface area (Å²) in [5.41, 5.74) is 9.24. The first-order valence-corrected chi connectivity index (χ1v) is 10.9. The third kappa shape index (κ3) is 3.67. The van der Waals surface area contributed by atoms with Crippen molar-refractivity contribution in [1.82, 2.24) is 14.8 Å². The van der Waals surface area contributed by atoms with Crippen molar-refractivity contribution in [2.24, 2.45) is 11.7 Å². The standard InChI is InChI=1S/C22H31N5O/c23-12-14-10-17(11-14)27-13-19(22(26-27)15-4-5-15)20-2-1-3-21(25-20)24-16-6-8-18(28)9-7-16/h1-3,13-18,28H,4-12,23H2,(H,24,25). The molecule has 0 spiro atoms. The minimum atomic E-state index is -0.130. The van der Waals surface area contributed by atoms with Crippen LogP contribution < -0.4 is 11.1 Å². The number of nitrogens with zero attached hydrogens (tertiary/aromatic N) is 3. The average Bonchev–Trinajstić information content (AvgIpc) is 3.43. The summed E-state index contributed by atoms with van der Waals surface area (Å²) in [5, 5.41) is 18.3. The molecule has 3 aliphatic carbocycles. The topological polar surface area (TPSA) is 89.0 Å². The summed E-state index contributed by atoms with van der Waals surface area (Å²) in [6, 6.07) is 7.14. The van der Waals surface area contributed by atoms with Gasteiger partial charge in [0, 0.05) is 23.7 Å². The van der Waals surface area contributed by atoms with Crippen LogP contribution in [0.2, 0.25) is 0 Å². The largest absolute Gasteiger partial charge is 0.393 e. The normalized spacial score (nSPS) is 30.1. The summed E-state index contributed by atoms with van der Waals surface area (Å²) in [6.07, 6.45) is 10.6. The van der Waals surface area contributed by atoms with Crippen LogP contribution in [-0.2, 0) is 0 Å². The van der Waals surface area contributed by atoms with E-state index in [4.69, 9.17) is 15.8 Å². The van der Waals surface area contributed by atoms with Crippen LogP contribution in [-0.4, -0.2) is 38.6 Å². The van der Waals surface area contributed by atoms with Gasteiger partial charge in [-0.05, 0) is 76.0 Å². The van der Waals surface area contributed by atoms with Crippen LogP contribution in [0.25, 0.3) is 11.3 Å². The van der Waals surface area contributed by atoms with E-state index in [1.165, 1.54) is 24.1 Å². The van der Waals surface area contributed by atoms with E-state index in [0.29, 0.717) is 23.9 Å². The quantitative estimate of drug-likeness (QED) is 0.713. The van der Waals surface area contributed by atoms with Crippen LogP contribution in [0.3, 0.4) is 0 Å². The maximum Gasteiger partial charge on any atom is 0.126 e. The van der Waals surface area contributed by atoms with Gasteiger partial charge in [-0.25, -0.2) is 4.98 Å². The van der Waals surface area contributed by atoms with Gasteiger partial charge >= 0.3 is 0 Å². The number of pyridine rings is 1. The molecule has 2 aromatic heterocycles. The lowest BCUT2D eigenvalue weighted by Crippen LogP contribution is -2.32. The highest BCUT2D eigenvalue weighted by Gasteiger charge is 2.34. The molecular formula is C22H31N5O. The second-order valence-corrected chi connectivity index (χ2v) is 8.97. The Morgan fingerprint density at radius 1 is 1.11 bits per heavy atom. The highest BCUT2D eigenvalue weighted by atomic mass is 16.3. The van der Waals surface area contributed by atoms with Crippen molar-refractivity contribution in [2.75, 3.05) is 11.9 Å². The van der Waals surface area contributed by atoms with Gasteiger partial charge in [-0.1, -0.05) is 6.07 Å². The molecule has 3 saturated carbocycles. The molecule has 0 aromatic carbocycles. The number of nitrogens with one attached hydrogen (secondary N) is 1. The van der Waals surface area contributed by atoms with Gasteiger partial charge in [0.05, 0.1) is 23.5 Å². The first kappa shape index (κ1) is 18.1. The zero-order chi connectivity index (χ0) is 19.1. The number of anilines is 1. The first-order valence-electron chi connectivity index (χ1n) is 10.9. The van der Waals surface area contributed by atoms with Crippen LogP contribution in [0.15, 0.2) is 24.4 Å². The number of hydrogen-bond donors (Lipinski definition) is 3. The number of rotatable bonds is 6. The van der Waals surface area contributed by atoms with Crippen molar-refractivity contribution in [3.8, 4) is 11.3 Å². The van der Waals surface area contributed by atoms with E-state index >= 15 is 0 Å². The highest BCUT2D eigenvalue weighted by molar-refractivity contribution is 5.64. The van der Waals surface area contributed by atoms with Gasteiger partial charge in [-0.3, -0.25) is 4.68 Å². The summed E-state index contributed by atoms with van der Waals surface area (Å²) in [7, 11) is 0. The Labute approximate surface area is 166 Å². The van der Waals surface area contributed by atoms with Crippen molar-refractivity contribution in [2.45, 2.75) is 75.5 Å². The third-order valence-corrected chi connectivity index (χ3v) is 6.72. The van der Waals surface area contributed by atoms with Crippen molar-refractivity contribution in [1.29, 1.82) is 0 Å². The fourth-order valence-corrected chi connectivity index (χ4v) is 4.65. The fourth-order valence-electron chi connectivity index (χ4n) is 4.65. The van der Waals surface area contributed by atoms with E-state index in [-0.39, 0.29) is 6.10 Å². The molecule has 5 rings (SSSR count). The lowest BCUT2D eigenvalue weighted by atomic mass is 9.80. The Kier molecular flexibility index (Phi) is 4.85. The summed E-state index contributed by atoms with van der Waals surface area (Å²) in [4.78, 5) is 4.93. The molecule has 0 unspecified atom stereocenters. The second-order valence-electron chi connectivity index (χ2n) is 8.97. The van der Waals surface area contributed by atoms with Crippen LogP contribution >= 0.6 is 0 Å². The zero-order valence-electron chi connectivity index (χ0n) is 16.4. The molecule has 6 nitrogen and oxygen atoms in total. The van der Waals surface area contributed by atoms with Crippen LogP contribution in [0.5, 0.6) is 0 Å². The number of hydrogen-bond acceptors (Lipinski definition) is 5. The SMILES string of the molecule is NCC1CC(n2cc(-c3cccc(NC4CCC(O)CC4)n3)c(C3CC3)n2)C1. The molecule has 3 aliphatic rings. The van der Waals surface area contributed by atoms with Crippen LogP contribution in [0.1, 0.15) is 69.0 Å².